The Morgan fingerprint density at radius 1 is 1.27 bits per heavy atom. The first-order chi connectivity index (χ1) is 12.7. The molecule has 0 unspecified atom stereocenters. The number of aromatic nitrogens is 4. The second-order valence-electron chi connectivity index (χ2n) is 6.35. The Bertz CT molecular complexity index is 895. The SMILES string of the molecule is Cc1nc(-c2ccc(NC(=O)c3cn(C4CCNCC4)nn3)cc2)cs1. The summed E-state index contributed by atoms with van der Waals surface area (Å²) in [5.41, 5.74) is 3.05. The van der Waals surface area contributed by atoms with Crippen molar-refractivity contribution >= 4 is 22.9 Å². The maximum Gasteiger partial charge on any atom is 0.277 e. The van der Waals surface area contributed by atoms with Crippen molar-refractivity contribution in [3.05, 3.63) is 46.5 Å². The van der Waals surface area contributed by atoms with Gasteiger partial charge in [-0.3, -0.25) is 4.79 Å². The topological polar surface area (TPSA) is 84.7 Å². The van der Waals surface area contributed by atoms with Crippen LogP contribution in [-0.2, 0) is 0 Å². The van der Waals surface area contributed by atoms with Crippen molar-refractivity contribution in [1.82, 2.24) is 25.3 Å². The van der Waals surface area contributed by atoms with Gasteiger partial charge in [-0.2, -0.15) is 0 Å². The molecule has 1 fully saturated rings. The first-order valence-corrected chi connectivity index (χ1v) is 9.53. The Morgan fingerprint density at radius 2 is 2.04 bits per heavy atom. The molecule has 0 bridgehead atoms. The predicted molar refractivity (Wildman–Crippen MR) is 101 cm³/mol. The summed E-state index contributed by atoms with van der Waals surface area (Å²) in [5, 5.41) is 17.4. The van der Waals surface area contributed by atoms with Gasteiger partial charge in [0.05, 0.1) is 22.9 Å². The molecule has 1 aromatic carbocycles. The molecule has 2 aromatic heterocycles. The molecule has 26 heavy (non-hydrogen) atoms. The normalized spacial score (nSPS) is 15.1. The fourth-order valence-electron chi connectivity index (χ4n) is 3.05. The first-order valence-electron chi connectivity index (χ1n) is 8.65. The number of piperidine rings is 1. The number of benzene rings is 1. The summed E-state index contributed by atoms with van der Waals surface area (Å²) in [6.07, 6.45) is 3.74. The number of nitrogens with one attached hydrogen (secondary N) is 2. The van der Waals surface area contributed by atoms with Crippen molar-refractivity contribution in [3.63, 3.8) is 0 Å². The molecular formula is C18H20N6OS. The molecule has 3 heterocycles. The molecule has 4 rings (SSSR count). The lowest BCUT2D eigenvalue weighted by molar-refractivity contribution is 0.102. The molecule has 1 amide bonds. The Morgan fingerprint density at radius 3 is 2.73 bits per heavy atom. The number of anilines is 1. The van der Waals surface area contributed by atoms with Gasteiger partial charge in [0.15, 0.2) is 5.69 Å². The zero-order chi connectivity index (χ0) is 17.9. The second kappa shape index (κ2) is 7.35. The number of rotatable bonds is 4. The van der Waals surface area contributed by atoms with Gasteiger partial charge in [0.1, 0.15) is 0 Å². The molecule has 0 saturated carbocycles. The fraction of sp³-hybridized carbons (Fsp3) is 0.333. The van der Waals surface area contributed by atoms with Gasteiger partial charge in [-0.1, -0.05) is 17.3 Å². The van der Waals surface area contributed by atoms with Crippen molar-refractivity contribution in [2.24, 2.45) is 0 Å². The molecule has 8 heteroatoms. The third kappa shape index (κ3) is 3.66. The maximum absolute atomic E-state index is 12.4. The van der Waals surface area contributed by atoms with Crippen LogP contribution in [0.1, 0.15) is 34.4 Å². The van der Waals surface area contributed by atoms with Gasteiger partial charge in [0.25, 0.3) is 5.91 Å². The highest BCUT2D eigenvalue weighted by Gasteiger charge is 2.18. The largest absolute Gasteiger partial charge is 0.321 e. The van der Waals surface area contributed by atoms with Gasteiger partial charge < -0.3 is 10.6 Å². The Hall–Kier alpha value is -2.58. The molecular weight excluding hydrogens is 348 g/mol. The average Bonchev–Trinajstić information content (AvgIpc) is 3.32. The van der Waals surface area contributed by atoms with Crippen molar-refractivity contribution in [2.45, 2.75) is 25.8 Å². The second-order valence-corrected chi connectivity index (χ2v) is 7.41. The van der Waals surface area contributed by atoms with Crippen LogP contribution in [0.3, 0.4) is 0 Å². The lowest BCUT2D eigenvalue weighted by Crippen LogP contribution is -2.29. The van der Waals surface area contributed by atoms with Crippen molar-refractivity contribution in [3.8, 4) is 11.3 Å². The van der Waals surface area contributed by atoms with Crippen LogP contribution in [0.5, 0.6) is 0 Å². The standard InChI is InChI=1S/C18H20N6OS/c1-12-20-17(11-26-12)13-2-4-14(5-3-13)21-18(25)16-10-24(23-22-16)15-6-8-19-9-7-15/h2-5,10-11,15,19H,6-9H2,1H3,(H,21,25). The highest BCUT2D eigenvalue weighted by atomic mass is 32.1. The smallest absolute Gasteiger partial charge is 0.277 e. The van der Waals surface area contributed by atoms with E-state index in [4.69, 9.17) is 0 Å². The number of thiazole rings is 1. The molecule has 1 aliphatic rings. The van der Waals surface area contributed by atoms with Gasteiger partial charge in [-0.25, -0.2) is 9.67 Å². The van der Waals surface area contributed by atoms with E-state index >= 15 is 0 Å². The van der Waals surface area contributed by atoms with E-state index < -0.39 is 0 Å². The van der Waals surface area contributed by atoms with E-state index in [9.17, 15) is 4.79 Å². The third-order valence-corrected chi connectivity index (χ3v) is 5.26. The lowest BCUT2D eigenvalue weighted by atomic mass is 10.1. The van der Waals surface area contributed by atoms with Crippen LogP contribution >= 0.6 is 11.3 Å². The summed E-state index contributed by atoms with van der Waals surface area (Å²) < 4.78 is 1.81. The summed E-state index contributed by atoms with van der Waals surface area (Å²) in [5.74, 6) is -0.248. The zero-order valence-electron chi connectivity index (χ0n) is 14.5. The Kier molecular flexibility index (Phi) is 4.77. The summed E-state index contributed by atoms with van der Waals surface area (Å²) in [6, 6.07) is 7.97. The number of hydrogen-bond donors (Lipinski definition) is 2. The van der Waals surface area contributed by atoms with Crippen molar-refractivity contribution < 1.29 is 4.79 Å². The van der Waals surface area contributed by atoms with Crippen molar-refractivity contribution in [1.29, 1.82) is 0 Å². The number of hydrogen-bond acceptors (Lipinski definition) is 6. The number of carbonyl (C=O) groups is 1. The van der Waals surface area contributed by atoms with E-state index in [0.29, 0.717) is 11.7 Å². The molecule has 7 nitrogen and oxygen atoms in total. The number of carbonyl (C=O) groups excluding carboxylic acids is 1. The number of aryl methyl sites for hydroxylation is 1. The van der Waals surface area contributed by atoms with E-state index in [-0.39, 0.29) is 5.91 Å². The quantitative estimate of drug-likeness (QED) is 0.740. The Labute approximate surface area is 155 Å². The van der Waals surface area contributed by atoms with E-state index in [1.807, 2.05) is 41.3 Å². The van der Waals surface area contributed by atoms with E-state index in [2.05, 4.69) is 25.9 Å². The zero-order valence-corrected chi connectivity index (χ0v) is 15.3. The summed E-state index contributed by atoms with van der Waals surface area (Å²) >= 11 is 1.62. The predicted octanol–water partition coefficient (Wildman–Crippen LogP) is 2.89. The van der Waals surface area contributed by atoms with E-state index in [1.54, 1.807) is 17.5 Å². The van der Waals surface area contributed by atoms with E-state index in [1.165, 1.54) is 0 Å². The molecule has 0 spiro atoms. The first kappa shape index (κ1) is 16.9. The third-order valence-electron chi connectivity index (χ3n) is 4.48. The van der Waals surface area contributed by atoms with Crippen LogP contribution in [0.15, 0.2) is 35.8 Å². The van der Waals surface area contributed by atoms with Gasteiger partial charge in [0, 0.05) is 16.6 Å². The maximum atomic E-state index is 12.4. The Balaban J connectivity index is 1.42. The molecule has 0 radical (unpaired) electrons. The average molecular weight is 368 g/mol. The molecule has 2 N–H and O–H groups in total. The summed E-state index contributed by atoms with van der Waals surface area (Å²) in [7, 11) is 0. The van der Waals surface area contributed by atoms with Crippen LogP contribution in [-0.4, -0.2) is 39.0 Å². The van der Waals surface area contributed by atoms with Crippen LogP contribution in [0, 0.1) is 6.92 Å². The van der Waals surface area contributed by atoms with Crippen molar-refractivity contribution in [2.75, 3.05) is 18.4 Å². The van der Waals surface area contributed by atoms with Crippen LogP contribution in [0.2, 0.25) is 0 Å². The minimum Gasteiger partial charge on any atom is -0.321 e. The fourth-order valence-corrected chi connectivity index (χ4v) is 3.67. The number of amides is 1. The molecule has 134 valence electrons. The van der Waals surface area contributed by atoms with Gasteiger partial charge in [-0.15, -0.1) is 16.4 Å². The minimum atomic E-state index is -0.248. The lowest BCUT2D eigenvalue weighted by Gasteiger charge is -2.22. The molecule has 0 atom stereocenters. The highest BCUT2D eigenvalue weighted by molar-refractivity contribution is 7.09. The van der Waals surface area contributed by atoms with Crippen LogP contribution in [0.4, 0.5) is 5.69 Å². The van der Waals surface area contributed by atoms with Gasteiger partial charge in [-0.05, 0) is 45.0 Å². The van der Waals surface area contributed by atoms with E-state index in [0.717, 1.165) is 47.9 Å². The molecule has 3 aromatic rings. The van der Waals surface area contributed by atoms with Gasteiger partial charge in [0.2, 0.25) is 0 Å². The van der Waals surface area contributed by atoms with Gasteiger partial charge >= 0.3 is 0 Å². The van der Waals surface area contributed by atoms with Crippen LogP contribution < -0.4 is 10.6 Å². The monoisotopic (exact) mass is 368 g/mol. The summed E-state index contributed by atoms with van der Waals surface area (Å²) in [6.45, 7) is 3.92. The molecule has 1 saturated heterocycles. The number of nitrogens with zero attached hydrogens (tertiary/aromatic N) is 4. The molecule has 1 aliphatic heterocycles. The molecule has 0 aliphatic carbocycles. The minimum absolute atomic E-state index is 0.248. The highest BCUT2D eigenvalue weighted by Crippen LogP contribution is 2.23. The summed E-state index contributed by atoms with van der Waals surface area (Å²) in [4.78, 5) is 16.9. The van der Waals surface area contributed by atoms with Crippen LogP contribution in [0.25, 0.3) is 11.3 Å².